The lowest BCUT2D eigenvalue weighted by molar-refractivity contribution is 0.0284. The molecule has 12 heteroatoms. The molecule has 1 amide bonds. The molecule has 0 N–H and O–H groups in total. The number of hydrogen-bond donors (Lipinski definition) is 0. The Balaban J connectivity index is 1.68. The van der Waals surface area contributed by atoms with Crippen molar-refractivity contribution in [2.75, 3.05) is 13.7 Å². The molecule has 0 saturated heterocycles. The molecule has 0 aliphatic rings. The van der Waals surface area contributed by atoms with Gasteiger partial charge in [0.1, 0.15) is 29.7 Å². The molecule has 0 aliphatic heterocycles. The number of rotatable bonds is 9. The van der Waals surface area contributed by atoms with Crippen LogP contribution in [0.25, 0.3) is 33.5 Å². The SMILES string of the molecule is CN(Cc1cc(F)c(-c2cc3c(-c4ccc(Cl)cn4)nn(COCC[Si](C)(C)C)c3cn2)c(F)c1)C(=O)OC(C)(C)C. The van der Waals surface area contributed by atoms with Crippen molar-refractivity contribution in [2.24, 2.45) is 0 Å². The van der Waals surface area contributed by atoms with Gasteiger partial charge in [0.25, 0.3) is 0 Å². The zero-order valence-corrected chi connectivity index (χ0v) is 26.7. The Morgan fingerprint density at radius 2 is 1.71 bits per heavy atom. The molecule has 0 atom stereocenters. The first kappa shape index (κ1) is 31.5. The first-order valence-electron chi connectivity index (χ1n) is 13.6. The summed E-state index contributed by atoms with van der Waals surface area (Å²) in [6.45, 7) is 12.8. The number of aromatic nitrogens is 4. The van der Waals surface area contributed by atoms with E-state index in [-0.39, 0.29) is 30.1 Å². The average molecular weight is 616 g/mol. The number of amides is 1. The lowest BCUT2D eigenvalue weighted by Gasteiger charge is -2.24. The quantitative estimate of drug-likeness (QED) is 0.141. The third-order valence-electron chi connectivity index (χ3n) is 6.30. The zero-order valence-electron chi connectivity index (χ0n) is 25.0. The van der Waals surface area contributed by atoms with Crippen LogP contribution in [0.2, 0.25) is 30.7 Å². The van der Waals surface area contributed by atoms with Crippen LogP contribution < -0.4 is 0 Å². The largest absolute Gasteiger partial charge is 0.444 e. The van der Waals surface area contributed by atoms with Crippen molar-refractivity contribution in [3.63, 3.8) is 0 Å². The van der Waals surface area contributed by atoms with E-state index in [2.05, 4.69) is 29.6 Å². The molecule has 4 aromatic rings. The standard InChI is InChI=1S/C30H36ClF2N5O3Si/c1-30(2,3)41-29(39)37(4)17-19-12-22(32)27(23(33)13-19)25-14-21-26(16-35-25)38(18-40-10-11-42(5,6)7)36-28(21)24-9-8-20(31)15-34-24/h8-9,12-16H,10-11,17-18H2,1-7H3. The van der Waals surface area contributed by atoms with Gasteiger partial charge in [-0.05, 0) is 62.7 Å². The molecule has 4 rings (SSSR count). The predicted octanol–water partition coefficient (Wildman–Crippen LogP) is 7.77. The van der Waals surface area contributed by atoms with Crippen molar-refractivity contribution < 1.29 is 23.0 Å². The Kier molecular flexibility index (Phi) is 9.34. The molecule has 0 aliphatic carbocycles. The number of nitrogens with zero attached hydrogens (tertiary/aromatic N) is 5. The maximum absolute atomic E-state index is 15.4. The van der Waals surface area contributed by atoms with E-state index in [9.17, 15) is 4.79 Å². The number of pyridine rings is 2. The molecule has 3 aromatic heterocycles. The summed E-state index contributed by atoms with van der Waals surface area (Å²) in [7, 11) is 0.233. The fourth-order valence-electron chi connectivity index (χ4n) is 4.18. The van der Waals surface area contributed by atoms with Crippen LogP contribution in [0, 0.1) is 11.6 Å². The fourth-order valence-corrected chi connectivity index (χ4v) is 5.05. The van der Waals surface area contributed by atoms with Gasteiger partial charge in [0.05, 0.1) is 33.7 Å². The highest BCUT2D eigenvalue weighted by Crippen LogP contribution is 2.33. The van der Waals surface area contributed by atoms with E-state index in [1.807, 2.05) is 0 Å². The Labute approximate surface area is 250 Å². The number of halogens is 3. The van der Waals surface area contributed by atoms with Gasteiger partial charge in [-0.2, -0.15) is 5.10 Å². The molecule has 3 heterocycles. The minimum absolute atomic E-state index is 0.0354. The van der Waals surface area contributed by atoms with Gasteiger partial charge >= 0.3 is 6.09 Å². The first-order chi connectivity index (χ1) is 19.6. The van der Waals surface area contributed by atoms with Gasteiger partial charge in [0, 0.05) is 39.9 Å². The van der Waals surface area contributed by atoms with Crippen molar-refractivity contribution in [3.8, 4) is 22.6 Å². The molecule has 0 bridgehead atoms. The molecule has 1 aromatic carbocycles. The predicted molar refractivity (Wildman–Crippen MR) is 163 cm³/mol. The average Bonchev–Trinajstić information content (AvgIpc) is 3.23. The number of hydrogen-bond acceptors (Lipinski definition) is 6. The van der Waals surface area contributed by atoms with Gasteiger partial charge in [0.2, 0.25) is 0 Å². The minimum Gasteiger partial charge on any atom is -0.444 e. The molecule has 0 spiro atoms. The van der Waals surface area contributed by atoms with Crippen molar-refractivity contribution in [1.82, 2.24) is 24.6 Å². The highest BCUT2D eigenvalue weighted by molar-refractivity contribution is 6.76. The Morgan fingerprint density at radius 1 is 1.05 bits per heavy atom. The third kappa shape index (κ3) is 7.90. The summed E-state index contributed by atoms with van der Waals surface area (Å²) >= 11 is 6.05. The van der Waals surface area contributed by atoms with Crippen molar-refractivity contribution in [1.29, 1.82) is 0 Å². The molecular weight excluding hydrogens is 580 g/mol. The van der Waals surface area contributed by atoms with Gasteiger partial charge in [-0.1, -0.05) is 31.2 Å². The van der Waals surface area contributed by atoms with Crippen molar-refractivity contribution in [3.05, 3.63) is 64.9 Å². The first-order valence-corrected chi connectivity index (χ1v) is 17.7. The van der Waals surface area contributed by atoms with Crippen LogP contribution in [-0.2, 0) is 22.7 Å². The summed E-state index contributed by atoms with van der Waals surface area (Å²) in [6, 6.07) is 8.43. The third-order valence-corrected chi connectivity index (χ3v) is 8.23. The smallest absolute Gasteiger partial charge is 0.410 e. The lowest BCUT2D eigenvalue weighted by atomic mass is 10.0. The maximum atomic E-state index is 15.4. The van der Waals surface area contributed by atoms with Crippen molar-refractivity contribution >= 4 is 36.7 Å². The Morgan fingerprint density at radius 3 is 2.31 bits per heavy atom. The van der Waals surface area contributed by atoms with E-state index in [0.29, 0.717) is 33.9 Å². The topological polar surface area (TPSA) is 82.4 Å². The van der Waals surface area contributed by atoms with Crippen LogP contribution in [0.4, 0.5) is 13.6 Å². The van der Waals surface area contributed by atoms with Gasteiger partial charge in [0.15, 0.2) is 0 Å². The highest BCUT2D eigenvalue weighted by atomic mass is 35.5. The molecule has 0 saturated carbocycles. The Hall–Kier alpha value is -3.41. The van der Waals surface area contributed by atoms with E-state index < -0.39 is 31.4 Å². The molecule has 0 radical (unpaired) electrons. The number of carbonyl (C=O) groups is 1. The summed E-state index contributed by atoms with van der Waals surface area (Å²) in [5.74, 6) is -1.61. The zero-order chi connectivity index (χ0) is 30.8. The minimum atomic E-state index is -1.27. The van der Waals surface area contributed by atoms with E-state index >= 15 is 8.78 Å². The van der Waals surface area contributed by atoms with Gasteiger partial charge in [-0.3, -0.25) is 9.97 Å². The van der Waals surface area contributed by atoms with Crippen LogP contribution >= 0.6 is 11.6 Å². The van der Waals surface area contributed by atoms with E-state index in [0.717, 1.165) is 6.04 Å². The molecule has 224 valence electrons. The molecule has 0 unspecified atom stereocenters. The number of benzene rings is 1. The van der Waals surface area contributed by atoms with Gasteiger partial charge in [-0.15, -0.1) is 0 Å². The maximum Gasteiger partial charge on any atom is 0.410 e. The highest BCUT2D eigenvalue weighted by Gasteiger charge is 2.23. The molecule has 0 fully saturated rings. The van der Waals surface area contributed by atoms with Gasteiger partial charge < -0.3 is 14.4 Å². The summed E-state index contributed by atoms with van der Waals surface area (Å²) in [4.78, 5) is 22.4. The van der Waals surface area contributed by atoms with Crippen LogP contribution in [0.5, 0.6) is 0 Å². The van der Waals surface area contributed by atoms with Crippen LogP contribution in [0.1, 0.15) is 26.3 Å². The second kappa shape index (κ2) is 12.4. The van der Waals surface area contributed by atoms with Crippen molar-refractivity contribution in [2.45, 2.75) is 65.3 Å². The number of ether oxygens (including phenoxy) is 2. The van der Waals surface area contributed by atoms with E-state index in [4.69, 9.17) is 26.2 Å². The van der Waals surface area contributed by atoms with Crippen LogP contribution in [0.3, 0.4) is 0 Å². The summed E-state index contributed by atoms with van der Waals surface area (Å²) < 4.78 is 43.8. The summed E-state index contributed by atoms with van der Waals surface area (Å²) in [6.07, 6.45) is 2.45. The molecule has 8 nitrogen and oxygen atoms in total. The van der Waals surface area contributed by atoms with E-state index in [1.165, 1.54) is 36.5 Å². The van der Waals surface area contributed by atoms with Crippen LogP contribution in [-0.4, -0.2) is 58.1 Å². The second-order valence-electron chi connectivity index (χ2n) is 12.4. The Bertz CT molecular complexity index is 1560. The monoisotopic (exact) mass is 615 g/mol. The van der Waals surface area contributed by atoms with Gasteiger partial charge in [-0.25, -0.2) is 18.3 Å². The van der Waals surface area contributed by atoms with Crippen LogP contribution in [0.15, 0.2) is 42.7 Å². The summed E-state index contributed by atoms with van der Waals surface area (Å²) in [5, 5.41) is 5.79. The fraction of sp³-hybridized carbons (Fsp3) is 0.400. The molecule has 42 heavy (non-hydrogen) atoms. The van der Waals surface area contributed by atoms with E-state index in [1.54, 1.807) is 43.7 Å². The molecular formula is C30H36ClF2N5O3Si. The number of fused-ring (bicyclic) bond motifs is 1. The normalized spacial score (nSPS) is 12.1. The lowest BCUT2D eigenvalue weighted by Crippen LogP contribution is -2.33. The second-order valence-corrected chi connectivity index (χ2v) is 18.5. The summed E-state index contributed by atoms with van der Waals surface area (Å²) in [5.41, 5.74) is 1.09. The number of carbonyl (C=O) groups excluding carboxylic acids is 1.